The van der Waals surface area contributed by atoms with Crippen LogP contribution >= 0.6 is 11.8 Å². The highest BCUT2D eigenvalue weighted by Crippen LogP contribution is 2.33. The van der Waals surface area contributed by atoms with Crippen LogP contribution in [0.1, 0.15) is 5.56 Å². The Hall–Kier alpha value is -2.88. The molecule has 0 aliphatic heterocycles. The monoisotopic (exact) mass is 379 g/mol. The third-order valence-corrected chi connectivity index (χ3v) is 4.28. The van der Waals surface area contributed by atoms with Gasteiger partial charge in [0.2, 0.25) is 5.91 Å². The number of carbonyl (C=O) groups excluding carboxylic acids is 1. The number of aromatic nitrogens is 4. The zero-order chi connectivity index (χ0) is 18.7. The van der Waals surface area contributed by atoms with Crippen molar-refractivity contribution in [1.29, 1.82) is 0 Å². The van der Waals surface area contributed by atoms with Crippen molar-refractivity contribution >= 4 is 17.7 Å². The Morgan fingerprint density at radius 3 is 2.65 bits per heavy atom. The molecule has 0 bridgehead atoms. The molecule has 0 spiro atoms. The Kier molecular flexibility index (Phi) is 4.94. The molecule has 6 nitrogen and oxygen atoms in total. The minimum Gasteiger partial charge on any atom is -0.369 e. The van der Waals surface area contributed by atoms with Gasteiger partial charge in [0.25, 0.3) is 0 Å². The topological polar surface area (TPSA) is 86.7 Å². The number of rotatable bonds is 5. The molecule has 0 unspecified atom stereocenters. The summed E-state index contributed by atoms with van der Waals surface area (Å²) >= 11 is 0.992. The quantitative estimate of drug-likeness (QED) is 0.689. The summed E-state index contributed by atoms with van der Waals surface area (Å²) in [6.45, 7) is 0. The van der Waals surface area contributed by atoms with Crippen molar-refractivity contribution in [3.8, 4) is 17.1 Å². The smallest absolute Gasteiger partial charge is 0.369 e. The summed E-state index contributed by atoms with van der Waals surface area (Å²) in [5.41, 5.74) is 5.14. The van der Waals surface area contributed by atoms with E-state index in [1.165, 1.54) is 22.9 Å². The minimum atomic E-state index is -4.49. The first-order valence-corrected chi connectivity index (χ1v) is 8.29. The van der Waals surface area contributed by atoms with Gasteiger partial charge in [0.15, 0.2) is 11.0 Å². The fraction of sp³-hybridized carbons (Fsp3) is 0.125. The van der Waals surface area contributed by atoms with E-state index in [1.54, 1.807) is 18.3 Å². The third-order valence-electron chi connectivity index (χ3n) is 3.33. The molecule has 0 radical (unpaired) electrons. The lowest BCUT2D eigenvalue weighted by molar-refractivity contribution is -0.137. The molecule has 0 saturated heterocycles. The van der Waals surface area contributed by atoms with E-state index in [4.69, 9.17) is 5.73 Å². The highest BCUT2D eigenvalue weighted by Gasteiger charge is 2.31. The first-order valence-electron chi connectivity index (χ1n) is 7.31. The Bertz CT molecular complexity index is 927. The summed E-state index contributed by atoms with van der Waals surface area (Å²) in [4.78, 5) is 15.1. The summed E-state index contributed by atoms with van der Waals surface area (Å²) in [5.74, 6) is -0.342. The van der Waals surface area contributed by atoms with Gasteiger partial charge in [-0.25, -0.2) is 0 Å². The molecule has 2 N–H and O–H groups in total. The molecule has 2 aromatic heterocycles. The van der Waals surface area contributed by atoms with E-state index in [9.17, 15) is 18.0 Å². The van der Waals surface area contributed by atoms with Gasteiger partial charge in [0, 0.05) is 18.0 Å². The van der Waals surface area contributed by atoms with Crippen LogP contribution in [-0.2, 0) is 11.0 Å². The number of pyridine rings is 1. The van der Waals surface area contributed by atoms with Crippen LogP contribution < -0.4 is 5.73 Å². The van der Waals surface area contributed by atoms with Crippen LogP contribution in [0.3, 0.4) is 0 Å². The predicted molar refractivity (Wildman–Crippen MR) is 89.5 cm³/mol. The predicted octanol–water partition coefficient (Wildman–Crippen LogP) is 2.93. The summed E-state index contributed by atoms with van der Waals surface area (Å²) in [6, 6.07) is 8.17. The summed E-state index contributed by atoms with van der Waals surface area (Å²) in [5, 5.41) is 8.29. The van der Waals surface area contributed by atoms with Gasteiger partial charge in [-0.15, -0.1) is 10.2 Å². The van der Waals surface area contributed by atoms with Gasteiger partial charge in [-0.1, -0.05) is 17.8 Å². The summed E-state index contributed by atoms with van der Waals surface area (Å²) < 4.78 is 40.7. The highest BCUT2D eigenvalue weighted by molar-refractivity contribution is 7.99. The van der Waals surface area contributed by atoms with E-state index in [1.807, 2.05) is 0 Å². The Labute approximate surface area is 150 Å². The van der Waals surface area contributed by atoms with Crippen molar-refractivity contribution in [2.24, 2.45) is 5.73 Å². The molecule has 0 saturated carbocycles. The zero-order valence-corrected chi connectivity index (χ0v) is 14.0. The fourth-order valence-electron chi connectivity index (χ4n) is 2.24. The van der Waals surface area contributed by atoms with Gasteiger partial charge >= 0.3 is 6.18 Å². The molecule has 26 heavy (non-hydrogen) atoms. The first kappa shape index (κ1) is 17.9. The Morgan fingerprint density at radius 1 is 1.19 bits per heavy atom. The number of carbonyl (C=O) groups is 1. The molecule has 1 amide bonds. The maximum Gasteiger partial charge on any atom is 0.416 e. The van der Waals surface area contributed by atoms with Crippen molar-refractivity contribution in [3.05, 3.63) is 54.4 Å². The number of nitrogens with two attached hydrogens (primary N) is 1. The zero-order valence-electron chi connectivity index (χ0n) is 13.1. The van der Waals surface area contributed by atoms with E-state index < -0.39 is 17.6 Å². The average Bonchev–Trinajstić information content (AvgIpc) is 3.04. The molecule has 3 rings (SSSR count). The molecule has 0 aliphatic rings. The number of hydrogen-bond donors (Lipinski definition) is 1. The number of alkyl halides is 3. The highest BCUT2D eigenvalue weighted by atomic mass is 32.2. The number of hydrogen-bond acceptors (Lipinski definition) is 5. The van der Waals surface area contributed by atoms with Crippen molar-refractivity contribution in [2.45, 2.75) is 11.3 Å². The van der Waals surface area contributed by atoms with Crippen molar-refractivity contribution in [2.75, 3.05) is 5.75 Å². The summed E-state index contributed by atoms with van der Waals surface area (Å²) in [7, 11) is 0. The van der Waals surface area contributed by atoms with E-state index in [-0.39, 0.29) is 16.6 Å². The molecule has 2 heterocycles. The third kappa shape index (κ3) is 3.85. The second-order valence-corrected chi connectivity index (χ2v) is 6.13. The number of amides is 1. The molecule has 1 aromatic carbocycles. The van der Waals surface area contributed by atoms with Crippen LogP contribution in [0.25, 0.3) is 17.1 Å². The van der Waals surface area contributed by atoms with E-state index in [0.717, 1.165) is 23.9 Å². The first-order chi connectivity index (χ1) is 12.4. The molecule has 134 valence electrons. The van der Waals surface area contributed by atoms with Crippen LogP contribution in [0.2, 0.25) is 0 Å². The van der Waals surface area contributed by atoms with Crippen LogP contribution in [0.5, 0.6) is 0 Å². The number of primary amides is 1. The van der Waals surface area contributed by atoms with Gasteiger partial charge in [-0.05, 0) is 30.3 Å². The molecule has 10 heteroatoms. The largest absolute Gasteiger partial charge is 0.416 e. The van der Waals surface area contributed by atoms with Crippen LogP contribution in [-0.4, -0.2) is 31.4 Å². The lowest BCUT2D eigenvalue weighted by Gasteiger charge is -2.13. The molecule has 3 aromatic rings. The minimum absolute atomic E-state index is 0.0792. The van der Waals surface area contributed by atoms with E-state index in [0.29, 0.717) is 11.4 Å². The summed E-state index contributed by atoms with van der Waals surface area (Å²) in [6.07, 6.45) is -1.40. The second-order valence-electron chi connectivity index (χ2n) is 5.19. The van der Waals surface area contributed by atoms with Crippen molar-refractivity contribution in [1.82, 2.24) is 19.7 Å². The Morgan fingerprint density at radius 2 is 2.00 bits per heavy atom. The number of thioether (sulfide) groups is 1. The molecular weight excluding hydrogens is 367 g/mol. The van der Waals surface area contributed by atoms with Crippen molar-refractivity contribution < 1.29 is 18.0 Å². The maximum absolute atomic E-state index is 13.1. The standard InChI is InChI=1S/C16H12F3N5OS/c17-16(18,19)11-4-1-5-12(7-11)24-14(10-3-2-6-21-8-10)22-23-15(24)26-9-13(20)25/h1-8H,9H2,(H2,20,25). The SMILES string of the molecule is NC(=O)CSc1nnc(-c2cccnc2)n1-c1cccc(C(F)(F)F)c1. The average molecular weight is 379 g/mol. The van der Waals surface area contributed by atoms with Gasteiger partial charge in [-0.3, -0.25) is 14.3 Å². The lowest BCUT2D eigenvalue weighted by Crippen LogP contribution is -2.14. The van der Waals surface area contributed by atoms with Gasteiger partial charge in [0.05, 0.1) is 17.0 Å². The number of halogens is 3. The normalized spacial score (nSPS) is 11.5. The van der Waals surface area contributed by atoms with Crippen molar-refractivity contribution in [3.63, 3.8) is 0 Å². The maximum atomic E-state index is 13.1. The lowest BCUT2D eigenvalue weighted by atomic mass is 10.2. The Balaban J connectivity index is 2.14. The molecule has 0 fully saturated rings. The molecule has 0 aliphatic carbocycles. The van der Waals surface area contributed by atoms with Crippen LogP contribution in [0, 0.1) is 0 Å². The van der Waals surface area contributed by atoms with E-state index >= 15 is 0 Å². The fourth-order valence-corrected chi connectivity index (χ4v) is 2.93. The number of nitrogens with zero attached hydrogens (tertiary/aromatic N) is 4. The van der Waals surface area contributed by atoms with Gasteiger partial charge in [-0.2, -0.15) is 13.2 Å². The molecular formula is C16H12F3N5OS. The van der Waals surface area contributed by atoms with Gasteiger partial charge in [0.1, 0.15) is 0 Å². The van der Waals surface area contributed by atoms with Crippen LogP contribution in [0.4, 0.5) is 13.2 Å². The van der Waals surface area contributed by atoms with Gasteiger partial charge < -0.3 is 5.73 Å². The van der Waals surface area contributed by atoms with Crippen LogP contribution in [0.15, 0.2) is 53.9 Å². The molecule has 0 atom stereocenters. The van der Waals surface area contributed by atoms with E-state index in [2.05, 4.69) is 15.2 Å². The number of benzene rings is 1. The second kappa shape index (κ2) is 7.16.